The predicted octanol–water partition coefficient (Wildman–Crippen LogP) is 2.05. The first kappa shape index (κ1) is 11.0. The average molecular weight is 226 g/mol. The van der Waals surface area contributed by atoms with E-state index in [0.29, 0.717) is 6.04 Å². The lowest BCUT2D eigenvalue weighted by Crippen LogP contribution is -2.36. The van der Waals surface area contributed by atoms with Crippen molar-refractivity contribution in [2.45, 2.75) is 32.4 Å². The Bertz CT molecular complexity index is 270. The van der Waals surface area contributed by atoms with Crippen LogP contribution in [0.25, 0.3) is 0 Å². The van der Waals surface area contributed by atoms with E-state index < -0.39 is 0 Å². The maximum Gasteiger partial charge on any atom is 0.0794 e. The van der Waals surface area contributed by atoms with E-state index in [9.17, 15) is 0 Å². The number of nitrogens with one attached hydrogen (secondary N) is 1. The van der Waals surface area contributed by atoms with Gasteiger partial charge in [0, 0.05) is 36.9 Å². The SMILES string of the molecule is CC(NCc1cncs1)C1CCOCC1. The Morgan fingerprint density at radius 2 is 2.40 bits per heavy atom. The molecule has 1 aromatic heterocycles. The average Bonchev–Trinajstić information content (AvgIpc) is 2.80. The molecule has 15 heavy (non-hydrogen) atoms. The fourth-order valence-corrected chi connectivity index (χ4v) is 2.52. The summed E-state index contributed by atoms with van der Waals surface area (Å²) in [6.07, 6.45) is 4.32. The van der Waals surface area contributed by atoms with E-state index in [-0.39, 0.29) is 0 Å². The van der Waals surface area contributed by atoms with Crippen LogP contribution in [0.1, 0.15) is 24.6 Å². The molecule has 1 unspecified atom stereocenters. The van der Waals surface area contributed by atoms with E-state index in [1.807, 2.05) is 11.7 Å². The van der Waals surface area contributed by atoms with Crippen LogP contribution in [-0.2, 0) is 11.3 Å². The molecular formula is C11H18N2OS. The smallest absolute Gasteiger partial charge is 0.0794 e. The van der Waals surface area contributed by atoms with E-state index in [1.54, 1.807) is 11.3 Å². The van der Waals surface area contributed by atoms with Crippen molar-refractivity contribution >= 4 is 11.3 Å². The maximum atomic E-state index is 5.36. The van der Waals surface area contributed by atoms with E-state index in [2.05, 4.69) is 17.2 Å². The minimum absolute atomic E-state index is 0.580. The summed E-state index contributed by atoms with van der Waals surface area (Å²) in [5, 5.41) is 3.57. The Labute approximate surface area is 94.9 Å². The van der Waals surface area contributed by atoms with Gasteiger partial charge in [0.25, 0.3) is 0 Å². The van der Waals surface area contributed by atoms with Gasteiger partial charge in [0.05, 0.1) is 5.51 Å². The third kappa shape index (κ3) is 3.26. The van der Waals surface area contributed by atoms with Crippen LogP contribution in [0, 0.1) is 5.92 Å². The van der Waals surface area contributed by atoms with Crippen molar-refractivity contribution in [3.63, 3.8) is 0 Å². The molecule has 0 aromatic carbocycles. The quantitative estimate of drug-likeness (QED) is 0.853. The second kappa shape index (κ2) is 5.58. The zero-order valence-electron chi connectivity index (χ0n) is 9.11. The highest BCUT2D eigenvalue weighted by Crippen LogP contribution is 2.19. The first-order valence-electron chi connectivity index (χ1n) is 5.55. The van der Waals surface area contributed by atoms with Gasteiger partial charge < -0.3 is 10.1 Å². The molecule has 1 fully saturated rings. The topological polar surface area (TPSA) is 34.2 Å². The van der Waals surface area contributed by atoms with E-state index in [1.165, 1.54) is 17.7 Å². The van der Waals surface area contributed by atoms with E-state index in [4.69, 9.17) is 4.74 Å². The molecule has 1 aliphatic heterocycles. The second-order valence-electron chi connectivity index (χ2n) is 4.09. The molecule has 2 heterocycles. The van der Waals surface area contributed by atoms with Crippen molar-refractivity contribution in [1.29, 1.82) is 0 Å². The molecule has 0 aliphatic carbocycles. The number of hydrogen-bond acceptors (Lipinski definition) is 4. The van der Waals surface area contributed by atoms with Gasteiger partial charge in [0.1, 0.15) is 0 Å². The Kier molecular flexibility index (Phi) is 4.11. The highest BCUT2D eigenvalue weighted by atomic mass is 32.1. The first-order chi connectivity index (χ1) is 7.36. The van der Waals surface area contributed by atoms with E-state index in [0.717, 1.165) is 25.7 Å². The van der Waals surface area contributed by atoms with Gasteiger partial charge in [-0.1, -0.05) is 0 Å². The number of hydrogen-bond donors (Lipinski definition) is 1. The zero-order chi connectivity index (χ0) is 10.5. The van der Waals surface area contributed by atoms with Crippen LogP contribution in [0.4, 0.5) is 0 Å². The van der Waals surface area contributed by atoms with Crippen LogP contribution in [0.15, 0.2) is 11.7 Å². The van der Waals surface area contributed by atoms with Crippen molar-refractivity contribution in [1.82, 2.24) is 10.3 Å². The van der Waals surface area contributed by atoms with Crippen molar-refractivity contribution < 1.29 is 4.74 Å². The van der Waals surface area contributed by atoms with Gasteiger partial charge in [-0.25, -0.2) is 0 Å². The molecule has 1 atom stereocenters. The molecule has 3 nitrogen and oxygen atoms in total. The lowest BCUT2D eigenvalue weighted by Gasteiger charge is -2.28. The molecule has 84 valence electrons. The fraction of sp³-hybridized carbons (Fsp3) is 0.727. The monoisotopic (exact) mass is 226 g/mol. The van der Waals surface area contributed by atoms with Crippen LogP contribution in [0.3, 0.4) is 0 Å². The van der Waals surface area contributed by atoms with Gasteiger partial charge in [-0.3, -0.25) is 4.98 Å². The summed E-state index contributed by atoms with van der Waals surface area (Å²) in [6, 6.07) is 0.580. The highest BCUT2D eigenvalue weighted by Gasteiger charge is 2.19. The van der Waals surface area contributed by atoms with Crippen LogP contribution >= 0.6 is 11.3 Å². The first-order valence-corrected chi connectivity index (χ1v) is 6.42. The summed E-state index contributed by atoms with van der Waals surface area (Å²) in [5.74, 6) is 0.770. The van der Waals surface area contributed by atoms with Gasteiger partial charge >= 0.3 is 0 Å². The Balaban J connectivity index is 1.74. The summed E-state index contributed by atoms with van der Waals surface area (Å²) in [5.41, 5.74) is 1.89. The number of ether oxygens (including phenoxy) is 1. The summed E-state index contributed by atoms with van der Waals surface area (Å²) < 4.78 is 5.36. The fourth-order valence-electron chi connectivity index (χ4n) is 1.97. The predicted molar refractivity (Wildman–Crippen MR) is 62.0 cm³/mol. The lowest BCUT2D eigenvalue weighted by molar-refractivity contribution is 0.0558. The molecule has 2 rings (SSSR count). The van der Waals surface area contributed by atoms with Crippen LogP contribution < -0.4 is 5.32 Å². The highest BCUT2D eigenvalue weighted by molar-refractivity contribution is 7.09. The molecule has 4 heteroatoms. The van der Waals surface area contributed by atoms with Crippen molar-refractivity contribution in [2.24, 2.45) is 5.92 Å². The normalized spacial score (nSPS) is 20.3. The molecule has 0 saturated carbocycles. The Hall–Kier alpha value is -0.450. The summed E-state index contributed by atoms with van der Waals surface area (Å²) in [7, 11) is 0. The lowest BCUT2D eigenvalue weighted by atomic mass is 9.93. The molecule has 0 amide bonds. The number of thiazole rings is 1. The second-order valence-corrected chi connectivity index (χ2v) is 5.06. The minimum Gasteiger partial charge on any atom is -0.381 e. The molecule has 0 radical (unpaired) electrons. The summed E-state index contributed by atoms with van der Waals surface area (Å²) in [6.45, 7) is 5.08. The standard InChI is InChI=1S/C11H18N2OS/c1-9(10-2-4-14-5-3-10)13-7-11-6-12-8-15-11/h6,8-10,13H,2-5,7H2,1H3. The molecule has 1 aromatic rings. The molecule has 1 N–H and O–H groups in total. The maximum absolute atomic E-state index is 5.36. The van der Waals surface area contributed by atoms with Crippen molar-refractivity contribution in [3.8, 4) is 0 Å². The number of aromatic nitrogens is 1. The van der Waals surface area contributed by atoms with Gasteiger partial charge in [0.15, 0.2) is 0 Å². The van der Waals surface area contributed by atoms with Gasteiger partial charge in [-0.15, -0.1) is 11.3 Å². The Morgan fingerprint density at radius 1 is 1.60 bits per heavy atom. The number of nitrogens with zero attached hydrogens (tertiary/aromatic N) is 1. The molecule has 1 saturated heterocycles. The Morgan fingerprint density at radius 3 is 3.07 bits per heavy atom. The van der Waals surface area contributed by atoms with Gasteiger partial charge in [-0.2, -0.15) is 0 Å². The molecular weight excluding hydrogens is 208 g/mol. The summed E-state index contributed by atoms with van der Waals surface area (Å²) in [4.78, 5) is 5.38. The number of rotatable bonds is 4. The van der Waals surface area contributed by atoms with Gasteiger partial charge in [0.2, 0.25) is 0 Å². The van der Waals surface area contributed by atoms with Gasteiger partial charge in [-0.05, 0) is 25.7 Å². The molecule has 0 bridgehead atoms. The third-order valence-corrected chi connectivity index (χ3v) is 3.83. The summed E-state index contributed by atoms with van der Waals surface area (Å²) >= 11 is 1.71. The zero-order valence-corrected chi connectivity index (χ0v) is 9.93. The van der Waals surface area contributed by atoms with Crippen LogP contribution in [0.5, 0.6) is 0 Å². The van der Waals surface area contributed by atoms with Crippen LogP contribution in [0.2, 0.25) is 0 Å². The minimum atomic E-state index is 0.580. The molecule has 0 spiro atoms. The van der Waals surface area contributed by atoms with E-state index >= 15 is 0 Å². The van der Waals surface area contributed by atoms with Crippen molar-refractivity contribution in [3.05, 3.63) is 16.6 Å². The van der Waals surface area contributed by atoms with Crippen molar-refractivity contribution in [2.75, 3.05) is 13.2 Å². The van der Waals surface area contributed by atoms with Crippen LogP contribution in [-0.4, -0.2) is 24.2 Å². The molecule has 1 aliphatic rings. The third-order valence-electron chi connectivity index (χ3n) is 3.05. The largest absolute Gasteiger partial charge is 0.381 e.